The summed E-state index contributed by atoms with van der Waals surface area (Å²) < 4.78 is 6.73. The van der Waals surface area contributed by atoms with Gasteiger partial charge in [0.15, 0.2) is 0 Å². The van der Waals surface area contributed by atoms with Gasteiger partial charge in [-0.25, -0.2) is 0 Å². The van der Waals surface area contributed by atoms with E-state index in [0.29, 0.717) is 0 Å². The van der Waals surface area contributed by atoms with Crippen molar-refractivity contribution in [3.63, 3.8) is 0 Å². The summed E-state index contributed by atoms with van der Waals surface area (Å²) in [5, 5.41) is 0. The van der Waals surface area contributed by atoms with Gasteiger partial charge in [-0.3, -0.25) is 4.99 Å². The minimum atomic E-state index is -0.00989. The Kier molecular flexibility index (Phi) is 5.75. The van der Waals surface area contributed by atoms with E-state index in [1.807, 2.05) is 30.5 Å². The van der Waals surface area contributed by atoms with Crippen molar-refractivity contribution in [2.45, 2.75) is 39.7 Å². The standard InChI is InChI=1S/C23H27BrN2O/c1-6-10-26-21-13-22(27-5)17(11-20(21)16(2)14-23(26,3)4)15-25-19-9-7-8-18(24)12-19/h7-9,11-15H,6,10H2,1-5H3. The molecule has 0 aromatic heterocycles. The SMILES string of the molecule is CCCN1c2cc(OC)c(C=Nc3cccc(Br)c3)cc2C(C)=CC1(C)C. The molecule has 142 valence electrons. The van der Waals surface area contributed by atoms with Gasteiger partial charge < -0.3 is 9.64 Å². The first kappa shape index (κ1) is 19.7. The topological polar surface area (TPSA) is 24.8 Å². The van der Waals surface area contributed by atoms with Crippen LogP contribution in [0.1, 0.15) is 45.2 Å². The van der Waals surface area contributed by atoms with E-state index in [1.165, 1.54) is 16.8 Å². The number of ether oxygens (including phenoxy) is 1. The van der Waals surface area contributed by atoms with Gasteiger partial charge in [0.25, 0.3) is 0 Å². The van der Waals surface area contributed by atoms with Crippen LogP contribution in [-0.4, -0.2) is 25.4 Å². The van der Waals surface area contributed by atoms with Crippen molar-refractivity contribution < 1.29 is 4.74 Å². The third-order valence-corrected chi connectivity index (χ3v) is 5.43. The smallest absolute Gasteiger partial charge is 0.129 e. The average molecular weight is 427 g/mol. The number of hydrogen-bond donors (Lipinski definition) is 0. The summed E-state index contributed by atoms with van der Waals surface area (Å²) in [6, 6.07) is 12.3. The molecule has 0 saturated heterocycles. The summed E-state index contributed by atoms with van der Waals surface area (Å²) in [6.07, 6.45) is 5.34. The molecule has 0 radical (unpaired) electrons. The first-order valence-corrected chi connectivity index (χ1v) is 10.1. The van der Waals surface area contributed by atoms with Crippen LogP contribution in [0, 0.1) is 0 Å². The number of fused-ring (bicyclic) bond motifs is 1. The van der Waals surface area contributed by atoms with E-state index in [2.05, 4.69) is 71.7 Å². The lowest BCUT2D eigenvalue weighted by molar-refractivity contribution is 0.413. The molecule has 0 atom stereocenters. The molecule has 0 fully saturated rings. The van der Waals surface area contributed by atoms with Crippen LogP contribution in [0.5, 0.6) is 5.75 Å². The van der Waals surface area contributed by atoms with Gasteiger partial charge in [-0.15, -0.1) is 0 Å². The van der Waals surface area contributed by atoms with Crippen molar-refractivity contribution in [3.8, 4) is 5.75 Å². The van der Waals surface area contributed by atoms with Crippen molar-refractivity contribution in [1.82, 2.24) is 0 Å². The molecule has 0 saturated carbocycles. The molecule has 0 bridgehead atoms. The van der Waals surface area contributed by atoms with E-state index in [4.69, 9.17) is 4.74 Å². The molecule has 27 heavy (non-hydrogen) atoms. The van der Waals surface area contributed by atoms with E-state index in [1.54, 1.807) is 7.11 Å². The molecular formula is C23H27BrN2O. The summed E-state index contributed by atoms with van der Waals surface area (Å²) >= 11 is 3.49. The van der Waals surface area contributed by atoms with Crippen LogP contribution in [0.3, 0.4) is 0 Å². The monoisotopic (exact) mass is 426 g/mol. The normalized spacial score (nSPS) is 15.6. The summed E-state index contributed by atoms with van der Waals surface area (Å²) in [5.74, 6) is 0.846. The maximum absolute atomic E-state index is 5.71. The highest BCUT2D eigenvalue weighted by molar-refractivity contribution is 9.10. The Morgan fingerprint density at radius 2 is 2.00 bits per heavy atom. The number of benzene rings is 2. The van der Waals surface area contributed by atoms with Crippen molar-refractivity contribution in [1.29, 1.82) is 0 Å². The van der Waals surface area contributed by atoms with Crippen molar-refractivity contribution in [2.75, 3.05) is 18.6 Å². The van der Waals surface area contributed by atoms with Crippen molar-refractivity contribution in [2.24, 2.45) is 4.99 Å². The second-order valence-corrected chi connectivity index (χ2v) is 8.40. The molecule has 0 N–H and O–H groups in total. The lowest BCUT2D eigenvalue weighted by Crippen LogP contribution is -2.45. The third kappa shape index (κ3) is 4.11. The lowest BCUT2D eigenvalue weighted by atomic mass is 9.87. The number of methoxy groups -OCH3 is 1. The van der Waals surface area contributed by atoms with E-state index in [0.717, 1.165) is 34.4 Å². The number of nitrogens with zero attached hydrogens (tertiary/aromatic N) is 2. The van der Waals surface area contributed by atoms with Crippen molar-refractivity contribution >= 4 is 39.1 Å². The van der Waals surface area contributed by atoms with Gasteiger partial charge in [-0.05, 0) is 57.0 Å². The highest BCUT2D eigenvalue weighted by atomic mass is 79.9. The molecular weight excluding hydrogens is 400 g/mol. The molecule has 0 spiro atoms. The minimum Gasteiger partial charge on any atom is -0.496 e. The molecule has 3 rings (SSSR count). The van der Waals surface area contributed by atoms with Gasteiger partial charge in [0.05, 0.1) is 18.3 Å². The highest BCUT2D eigenvalue weighted by Crippen LogP contribution is 2.42. The number of rotatable bonds is 5. The molecule has 3 nitrogen and oxygen atoms in total. The third-order valence-electron chi connectivity index (χ3n) is 4.94. The zero-order chi connectivity index (χ0) is 19.6. The first-order chi connectivity index (χ1) is 12.9. The van der Waals surface area contributed by atoms with Crippen LogP contribution in [0.15, 0.2) is 51.9 Å². The predicted molar refractivity (Wildman–Crippen MR) is 120 cm³/mol. The molecule has 0 amide bonds. The Hall–Kier alpha value is -2.07. The second-order valence-electron chi connectivity index (χ2n) is 7.48. The van der Waals surface area contributed by atoms with E-state index in [9.17, 15) is 0 Å². The van der Waals surface area contributed by atoms with Crippen LogP contribution in [0.4, 0.5) is 11.4 Å². The number of allylic oxidation sites excluding steroid dienone is 1. The van der Waals surface area contributed by atoms with Crippen molar-refractivity contribution in [3.05, 3.63) is 58.1 Å². The average Bonchev–Trinajstić information content (AvgIpc) is 2.62. The summed E-state index contributed by atoms with van der Waals surface area (Å²) in [7, 11) is 1.72. The van der Waals surface area contributed by atoms with E-state index in [-0.39, 0.29) is 5.54 Å². The quantitative estimate of drug-likeness (QED) is 0.501. The predicted octanol–water partition coefficient (Wildman–Crippen LogP) is 6.62. The summed E-state index contributed by atoms with van der Waals surface area (Å²) in [5.41, 5.74) is 5.66. The number of hydrogen-bond acceptors (Lipinski definition) is 3. The van der Waals surface area contributed by atoms with Crippen LogP contribution in [-0.2, 0) is 0 Å². The Bertz CT molecular complexity index is 899. The summed E-state index contributed by atoms with van der Waals surface area (Å²) in [6.45, 7) is 9.95. The Balaban J connectivity index is 2.07. The fraction of sp³-hybridized carbons (Fsp3) is 0.348. The molecule has 0 aliphatic carbocycles. The molecule has 1 aliphatic heterocycles. The van der Waals surface area contributed by atoms with Crippen LogP contribution in [0.25, 0.3) is 5.57 Å². The number of halogens is 1. The largest absolute Gasteiger partial charge is 0.496 e. The van der Waals surface area contributed by atoms with Crippen LogP contribution >= 0.6 is 15.9 Å². The number of aliphatic imine (C=N–C) groups is 1. The molecule has 0 unspecified atom stereocenters. The highest BCUT2D eigenvalue weighted by Gasteiger charge is 2.31. The fourth-order valence-electron chi connectivity index (χ4n) is 3.73. The first-order valence-electron chi connectivity index (χ1n) is 9.35. The molecule has 2 aromatic carbocycles. The molecule has 1 aliphatic rings. The Morgan fingerprint density at radius 1 is 1.22 bits per heavy atom. The Morgan fingerprint density at radius 3 is 2.67 bits per heavy atom. The van der Waals surface area contributed by atoms with Gasteiger partial charge >= 0.3 is 0 Å². The maximum Gasteiger partial charge on any atom is 0.129 e. The van der Waals surface area contributed by atoms with Gasteiger partial charge in [-0.2, -0.15) is 0 Å². The molecule has 1 heterocycles. The number of anilines is 1. The van der Waals surface area contributed by atoms with E-state index < -0.39 is 0 Å². The molecule has 2 aromatic rings. The lowest BCUT2D eigenvalue weighted by Gasteiger charge is -2.43. The van der Waals surface area contributed by atoms with Crippen LogP contribution < -0.4 is 9.64 Å². The van der Waals surface area contributed by atoms with Gasteiger partial charge in [-0.1, -0.05) is 35.0 Å². The molecule has 4 heteroatoms. The zero-order valence-corrected chi connectivity index (χ0v) is 18.3. The van der Waals surface area contributed by atoms with Gasteiger partial charge in [0.1, 0.15) is 5.75 Å². The van der Waals surface area contributed by atoms with Gasteiger partial charge in [0, 0.05) is 40.1 Å². The van der Waals surface area contributed by atoms with Gasteiger partial charge in [0.2, 0.25) is 0 Å². The minimum absolute atomic E-state index is 0.00989. The zero-order valence-electron chi connectivity index (χ0n) is 16.7. The summed E-state index contributed by atoms with van der Waals surface area (Å²) in [4.78, 5) is 7.10. The fourth-order valence-corrected chi connectivity index (χ4v) is 4.12. The second kappa shape index (κ2) is 7.89. The maximum atomic E-state index is 5.71. The Labute approximate surface area is 170 Å². The van der Waals surface area contributed by atoms with Crippen LogP contribution in [0.2, 0.25) is 0 Å². The van der Waals surface area contributed by atoms with E-state index >= 15 is 0 Å².